The molecule has 1 fully saturated rings. The molecule has 0 aliphatic heterocycles. The van der Waals surface area contributed by atoms with Gasteiger partial charge in [0.2, 0.25) is 0 Å². The van der Waals surface area contributed by atoms with Gasteiger partial charge in [-0.25, -0.2) is 0 Å². The quantitative estimate of drug-likeness (QED) is 0.735. The van der Waals surface area contributed by atoms with Crippen LogP contribution in [-0.4, -0.2) is 25.3 Å². The first-order chi connectivity index (χ1) is 6.72. The number of nitrogens with one attached hydrogen (secondary N) is 1. The molecule has 0 aromatic carbocycles. The summed E-state index contributed by atoms with van der Waals surface area (Å²) in [6.07, 6.45) is 5.47. The minimum atomic E-state index is 0.508. The van der Waals surface area contributed by atoms with Crippen LogP contribution in [0.4, 0.5) is 0 Å². The third kappa shape index (κ3) is 4.43. The van der Waals surface area contributed by atoms with E-state index in [9.17, 15) is 0 Å². The number of ether oxygens (including phenoxy) is 1. The van der Waals surface area contributed by atoms with Gasteiger partial charge < -0.3 is 10.1 Å². The average molecular weight is 199 g/mol. The van der Waals surface area contributed by atoms with Crippen LogP contribution in [0.5, 0.6) is 0 Å². The zero-order valence-electron chi connectivity index (χ0n) is 9.88. The molecule has 14 heavy (non-hydrogen) atoms. The Bertz CT molecular complexity index is 141. The van der Waals surface area contributed by atoms with Gasteiger partial charge >= 0.3 is 0 Å². The van der Waals surface area contributed by atoms with Gasteiger partial charge in [-0.2, -0.15) is 0 Å². The Labute approximate surface area is 88.4 Å². The van der Waals surface area contributed by atoms with Crippen LogP contribution in [0.3, 0.4) is 0 Å². The Morgan fingerprint density at radius 1 is 1.29 bits per heavy atom. The zero-order chi connectivity index (χ0) is 10.4. The molecule has 0 aromatic rings. The molecule has 2 heteroatoms. The van der Waals surface area contributed by atoms with Crippen LogP contribution in [-0.2, 0) is 4.74 Å². The van der Waals surface area contributed by atoms with Crippen molar-refractivity contribution in [1.29, 1.82) is 0 Å². The molecule has 0 amide bonds. The highest BCUT2D eigenvalue weighted by atomic mass is 16.5. The van der Waals surface area contributed by atoms with E-state index in [4.69, 9.17) is 4.74 Å². The molecule has 1 N–H and O–H groups in total. The molecule has 0 bridgehead atoms. The number of hydrogen-bond acceptors (Lipinski definition) is 2. The van der Waals surface area contributed by atoms with Gasteiger partial charge in [0.05, 0.1) is 6.61 Å². The van der Waals surface area contributed by atoms with Gasteiger partial charge in [-0.05, 0) is 45.4 Å². The van der Waals surface area contributed by atoms with Gasteiger partial charge in [0.25, 0.3) is 0 Å². The summed E-state index contributed by atoms with van der Waals surface area (Å²) in [7, 11) is 0. The summed E-state index contributed by atoms with van der Waals surface area (Å²) < 4.78 is 5.40. The second-order valence-electron chi connectivity index (χ2n) is 4.68. The average Bonchev–Trinajstić information content (AvgIpc) is 2.18. The molecule has 1 unspecified atom stereocenters. The predicted molar refractivity (Wildman–Crippen MR) is 60.5 cm³/mol. The molecule has 0 aromatic heterocycles. The molecule has 1 rings (SSSR count). The molecule has 1 aliphatic rings. The number of rotatable bonds is 5. The molecule has 0 spiro atoms. The Morgan fingerprint density at radius 2 is 1.93 bits per heavy atom. The Hall–Kier alpha value is -0.0800. The molecule has 84 valence electrons. The summed E-state index contributed by atoms with van der Waals surface area (Å²) in [6, 6.07) is 1.25. The maximum atomic E-state index is 5.40. The van der Waals surface area contributed by atoms with Gasteiger partial charge in [-0.3, -0.25) is 0 Å². The van der Waals surface area contributed by atoms with Crippen LogP contribution in [0.25, 0.3) is 0 Å². The van der Waals surface area contributed by atoms with Crippen molar-refractivity contribution >= 4 is 0 Å². The van der Waals surface area contributed by atoms with Crippen LogP contribution >= 0.6 is 0 Å². The fourth-order valence-corrected chi connectivity index (χ4v) is 2.17. The first kappa shape index (κ1) is 12.0. The van der Waals surface area contributed by atoms with Crippen molar-refractivity contribution in [3.8, 4) is 0 Å². The predicted octanol–water partition coefficient (Wildman–Crippen LogP) is 2.58. The van der Waals surface area contributed by atoms with E-state index < -0.39 is 0 Å². The van der Waals surface area contributed by atoms with Gasteiger partial charge in [-0.1, -0.05) is 6.92 Å². The molecule has 0 radical (unpaired) electrons. The van der Waals surface area contributed by atoms with Crippen LogP contribution < -0.4 is 5.32 Å². The lowest BCUT2D eigenvalue weighted by Gasteiger charge is -2.29. The molecule has 1 aliphatic carbocycles. The van der Waals surface area contributed by atoms with E-state index in [1.54, 1.807) is 0 Å². The van der Waals surface area contributed by atoms with E-state index in [2.05, 4.69) is 26.1 Å². The lowest BCUT2D eigenvalue weighted by molar-refractivity contribution is 0.119. The second-order valence-corrected chi connectivity index (χ2v) is 4.68. The van der Waals surface area contributed by atoms with Crippen molar-refractivity contribution in [2.24, 2.45) is 5.92 Å². The van der Waals surface area contributed by atoms with Gasteiger partial charge in [-0.15, -0.1) is 0 Å². The van der Waals surface area contributed by atoms with E-state index in [1.807, 2.05) is 0 Å². The highest BCUT2D eigenvalue weighted by Gasteiger charge is 2.19. The van der Waals surface area contributed by atoms with Crippen molar-refractivity contribution in [2.75, 3.05) is 13.2 Å². The molecule has 1 saturated carbocycles. The normalized spacial score (nSPS) is 30.2. The molecular formula is C12H25NO. The molecule has 1 atom stereocenters. The van der Waals surface area contributed by atoms with Crippen molar-refractivity contribution < 1.29 is 4.74 Å². The van der Waals surface area contributed by atoms with Crippen molar-refractivity contribution in [1.82, 2.24) is 5.32 Å². The van der Waals surface area contributed by atoms with Crippen LogP contribution in [0.15, 0.2) is 0 Å². The monoisotopic (exact) mass is 199 g/mol. The zero-order valence-corrected chi connectivity index (χ0v) is 9.88. The van der Waals surface area contributed by atoms with Crippen molar-refractivity contribution in [3.63, 3.8) is 0 Å². The maximum Gasteiger partial charge on any atom is 0.0616 e. The SMILES string of the molecule is CCOCC(C)NC1CCC(C)CC1. The lowest BCUT2D eigenvalue weighted by Crippen LogP contribution is -2.41. The van der Waals surface area contributed by atoms with Gasteiger partial charge in [0.15, 0.2) is 0 Å². The third-order valence-electron chi connectivity index (χ3n) is 3.11. The van der Waals surface area contributed by atoms with E-state index in [1.165, 1.54) is 25.7 Å². The Morgan fingerprint density at radius 3 is 2.50 bits per heavy atom. The van der Waals surface area contributed by atoms with E-state index in [0.717, 1.165) is 25.2 Å². The van der Waals surface area contributed by atoms with Gasteiger partial charge in [0.1, 0.15) is 0 Å². The summed E-state index contributed by atoms with van der Waals surface area (Å²) in [5.74, 6) is 0.940. The standard InChI is InChI=1S/C12H25NO/c1-4-14-9-11(3)13-12-7-5-10(2)6-8-12/h10-13H,4-9H2,1-3H3. The smallest absolute Gasteiger partial charge is 0.0616 e. The summed E-state index contributed by atoms with van der Waals surface area (Å²) in [6.45, 7) is 8.30. The minimum absolute atomic E-state index is 0.508. The Balaban J connectivity index is 2.10. The van der Waals surface area contributed by atoms with Crippen LogP contribution in [0.2, 0.25) is 0 Å². The maximum absolute atomic E-state index is 5.40. The molecular weight excluding hydrogens is 174 g/mol. The van der Waals surface area contributed by atoms with Gasteiger partial charge in [0, 0.05) is 18.7 Å². The van der Waals surface area contributed by atoms with Crippen molar-refractivity contribution in [2.45, 2.75) is 58.5 Å². The first-order valence-electron chi connectivity index (χ1n) is 6.06. The van der Waals surface area contributed by atoms with E-state index in [0.29, 0.717) is 6.04 Å². The number of hydrogen-bond donors (Lipinski definition) is 1. The molecule has 2 nitrogen and oxygen atoms in total. The second kappa shape index (κ2) is 6.41. The molecule has 0 heterocycles. The minimum Gasteiger partial charge on any atom is -0.380 e. The van der Waals surface area contributed by atoms with Crippen LogP contribution in [0.1, 0.15) is 46.5 Å². The largest absolute Gasteiger partial charge is 0.380 e. The van der Waals surface area contributed by atoms with E-state index in [-0.39, 0.29) is 0 Å². The fourth-order valence-electron chi connectivity index (χ4n) is 2.17. The fraction of sp³-hybridized carbons (Fsp3) is 1.00. The summed E-state index contributed by atoms with van der Waals surface area (Å²) >= 11 is 0. The first-order valence-corrected chi connectivity index (χ1v) is 6.06. The summed E-state index contributed by atoms with van der Waals surface area (Å²) in [5.41, 5.74) is 0. The summed E-state index contributed by atoms with van der Waals surface area (Å²) in [4.78, 5) is 0. The van der Waals surface area contributed by atoms with Crippen LogP contribution in [0, 0.1) is 5.92 Å². The highest BCUT2D eigenvalue weighted by molar-refractivity contribution is 4.77. The van der Waals surface area contributed by atoms with E-state index >= 15 is 0 Å². The lowest BCUT2D eigenvalue weighted by atomic mass is 9.87. The Kier molecular flexibility index (Phi) is 5.49. The van der Waals surface area contributed by atoms with Crippen molar-refractivity contribution in [3.05, 3.63) is 0 Å². The summed E-state index contributed by atoms with van der Waals surface area (Å²) in [5, 5.41) is 3.65. The molecule has 0 saturated heterocycles. The third-order valence-corrected chi connectivity index (χ3v) is 3.11. The highest BCUT2D eigenvalue weighted by Crippen LogP contribution is 2.23. The topological polar surface area (TPSA) is 21.3 Å².